The van der Waals surface area contributed by atoms with Crippen molar-refractivity contribution in [3.05, 3.63) is 75.3 Å². The van der Waals surface area contributed by atoms with E-state index in [1.165, 1.54) is 0 Å². The second-order valence-corrected chi connectivity index (χ2v) is 7.38. The number of benzene rings is 1. The minimum Gasteiger partial charge on any atom is -0.350 e. The van der Waals surface area contributed by atoms with Gasteiger partial charge in [0.15, 0.2) is 11.5 Å². The number of carbonyl (C=O) groups excluding carboxylic acids is 1. The van der Waals surface area contributed by atoms with E-state index in [0.717, 1.165) is 35.9 Å². The summed E-state index contributed by atoms with van der Waals surface area (Å²) in [6.45, 7) is 2.14. The van der Waals surface area contributed by atoms with E-state index in [-0.39, 0.29) is 18.4 Å². The Morgan fingerprint density at radius 2 is 1.88 bits per heavy atom. The molecule has 3 rings (SSSR count). The van der Waals surface area contributed by atoms with Gasteiger partial charge in [-0.15, -0.1) is 0 Å². The molecule has 2 aromatic heterocycles. The maximum absolute atomic E-state index is 13.8. The molecule has 0 radical (unpaired) electrons. The van der Waals surface area contributed by atoms with Gasteiger partial charge in [-0.3, -0.25) is 9.59 Å². The molecule has 0 aliphatic rings. The molecule has 11 heteroatoms. The number of hydrogen-bond donors (Lipinski definition) is 2. The number of amides is 1. The molecule has 1 atom stereocenters. The zero-order chi connectivity index (χ0) is 23.5. The van der Waals surface area contributed by atoms with Gasteiger partial charge < -0.3 is 10.2 Å². The van der Waals surface area contributed by atoms with E-state index in [1.807, 2.05) is 50.2 Å². The van der Waals surface area contributed by atoms with Crippen LogP contribution in [0.4, 0.5) is 13.2 Å². The Morgan fingerprint density at radius 1 is 1.19 bits per heavy atom. The Kier molecular flexibility index (Phi) is 6.78. The third kappa shape index (κ3) is 5.05. The first kappa shape index (κ1) is 23.2. The highest BCUT2D eigenvalue weighted by atomic mass is 19.4. The number of rotatable bonds is 7. The predicted octanol–water partition coefficient (Wildman–Crippen LogP) is 2.57. The van der Waals surface area contributed by atoms with Crippen molar-refractivity contribution in [2.75, 3.05) is 20.6 Å². The standard InChI is InChI=1S/C21H23F3N6O2/c1-4-13-5-7-14(8-6-13)16(29(2)3)12-25-20(32)15-11-26-30(19(15)21(22,23)24)17-9-10-18(31)28-27-17/h5-11,16H,4,12H2,1-3H3,(H,25,32)(H,28,31)/t16-/m1/s1. The third-order valence-corrected chi connectivity index (χ3v) is 5.02. The summed E-state index contributed by atoms with van der Waals surface area (Å²) in [5, 5.41) is 11.9. The van der Waals surface area contributed by atoms with Crippen molar-refractivity contribution in [3.63, 3.8) is 0 Å². The van der Waals surface area contributed by atoms with Gasteiger partial charge in [-0.1, -0.05) is 31.2 Å². The summed E-state index contributed by atoms with van der Waals surface area (Å²) in [6.07, 6.45) is -3.15. The highest BCUT2D eigenvalue weighted by Gasteiger charge is 2.41. The molecule has 1 aromatic carbocycles. The predicted molar refractivity (Wildman–Crippen MR) is 112 cm³/mol. The minimum atomic E-state index is -4.88. The van der Waals surface area contributed by atoms with E-state index < -0.39 is 28.9 Å². The average molecular weight is 448 g/mol. The number of aromatic nitrogens is 4. The number of nitrogens with zero attached hydrogens (tertiary/aromatic N) is 4. The quantitative estimate of drug-likeness (QED) is 0.579. The highest BCUT2D eigenvalue weighted by Crippen LogP contribution is 2.33. The van der Waals surface area contributed by atoms with E-state index in [2.05, 4.69) is 20.6 Å². The van der Waals surface area contributed by atoms with Gasteiger partial charge in [-0.25, -0.2) is 9.78 Å². The molecular weight excluding hydrogens is 425 g/mol. The fourth-order valence-electron chi connectivity index (χ4n) is 3.27. The SMILES string of the molecule is CCc1ccc([C@@H](CNC(=O)c2cnn(-c3ccc(=O)[nH]n3)c2C(F)(F)F)N(C)C)cc1. The van der Waals surface area contributed by atoms with Crippen LogP contribution >= 0.6 is 0 Å². The number of hydrogen-bond acceptors (Lipinski definition) is 5. The maximum atomic E-state index is 13.8. The van der Waals surface area contributed by atoms with Crippen LogP contribution in [0.1, 0.15) is 40.1 Å². The van der Waals surface area contributed by atoms with Gasteiger partial charge in [0.05, 0.1) is 17.8 Å². The number of aromatic amines is 1. The van der Waals surface area contributed by atoms with Gasteiger partial charge in [0, 0.05) is 12.6 Å². The molecule has 0 saturated heterocycles. The molecule has 8 nitrogen and oxygen atoms in total. The number of nitrogens with one attached hydrogen (secondary N) is 2. The van der Waals surface area contributed by atoms with Crippen molar-refractivity contribution in [2.24, 2.45) is 0 Å². The maximum Gasteiger partial charge on any atom is 0.434 e. The zero-order valence-corrected chi connectivity index (χ0v) is 17.8. The lowest BCUT2D eigenvalue weighted by atomic mass is 10.0. The van der Waals surface area contributed by atoms with E-state index in [9.17, 15) is 22.8 Å². The van der Waals surface area contributed by atoms with Gasteiger partial charge in [0.2, 0.25) is 0 Å². The van der Waals surface area contributed by atoms with Crippen LogP contribution in [-0.2, 0) is 12.6 Å². The van der Waals surface area contributed by atoms with Gasteiger partial charge in [0.1, 0.15) is 0 Å². The molecule has 0 fully saturated rings. The lowest BCUT2D eigenvalue weighted by Crippen LogP contribution is -2.35. The molecule has 0 unspecified atom stereocenters. The first-order valence-electron chi connectivity index (χ1n) is 9.86. The molecule has 1 amide bonds. The lowest BCUT2D eigenvalue weighted by Gasteiger charge is -2.25. The fourth-order valence-corrected chi connectivity index (χ4v) is 3.27. The van der Waals surface area contributed by atoms with Crippen LogP contribution in [0.3, 0.4) is 0 Å². The van der Waals surface area contributed by atoms with E-state index in [4.69, 9.17) is 0 Å². The molecule has 2 heterocycles. The highest BCUT2D eigenvalue weighted by molar-refractivity contribution is 5.95. The molecule has 32 heavy (non-hydrogen) atoms. The molecule has 2 N–H and O–H groups in total. The number of H-pyrrole nitrogens is 1. The summed E-state index contributed by atoms with van der Waals surface area (Å²) in [5.74, 6) is -1.18. The Balaban J connectivity index is 1.86. The second kappa shape index (κ2) is 9.35. The molecule has 0 aliphatic carbocycles. The smallest absolute Gasteiger partial charge is 0.350 e. The zero-order valence-electron chi connectivity index (χ0n) is 17.8. The Bertz CT molecular complexity index is 1120. The first-order valence-corrected chi connectivity index (χ1v) is 9.86. The van der Waals surface area contributed by atoms with Crippen LogP contribution in [0.25, 0.3) is 5.82 Å². The molecule has 3 aromatic rings. The van der Waals surface area contributed by atoms with Crippen molar-refractivity contribution in [1.29, 1.82) is 0 Å². The van der Waals surface area contributed by atoms with E-state index >= 15 is 0 Å². The average Bonchev–Trinajstić information content (AvgIpc) is 3.20. The van der Waals surface area contributed by atoms with Crippen LogP contribution in [0.2, 0.25) is 0 Å². The minimum absolute atomic E-state index is 0.0939. The first-order chi connectivity index (χ1) is 15.1. The summed E-state index contributed by atoms with van der Waals surface area (Å²) >= 11 is 0. The lowest BCUT2D eigenvalue weighted by molar-refractivity contribution is -0.143. The van der Waals surface area contributed by atoms with Gasteiger partial charge in [-0.05, 0) is 37.7 Å². The summed E-state index contributed by atoms with van der Waals surface area (Å²) in [5.41, 5.74) is -0.396. The number of alkyl halides is 3. The monoisotopic (exact) mass is 448 g/mol. The van der Waals surface area contributed by atoms with Gasteiger partial charge >= 0.3 is 6.18 Å². The summed E-state index contributed by atoms with van der Waals surface area (Å²) in [6, 6.07) is 9.72. The number of likely N-dealkylation sites (N-methyl/N-ethyl adjacent to an activating group) is 1. The van der Waals surface area contributed by atoms with E-state index in [0.29, 0.717) is 4.68 Å². The molecule has 0 spiro atoms. The van der Waals surface area contributed by atoms with Crippen molar-refractivity contribution < 1.29 is 18.0 Å². The summed E-state index contributed by atoms with van der Waals surface area (Å²) < 4.78 is 41.8. The Hall–Kier alpha value is -3.47. The number of halogens is 3. The molecule has 0 aliphatic heterocycles. The summed E-state index contributed by atoms with van der Waals surface area (Å²) in [7, 11) is 3.65. The van der Waals surface area contributed by atoms with Crippen LogP contribution in [-0.4, -0.2) is 51.4 Å². The fraction of sp³-hybridized carbons (Fsp3) is 0.333. The van der Waals surface area contributed by atoms with E-state index in [1.54, 1.807) is 0 Å². The van der Waals surface area contributed by atoms with Gasteiger partial charge in [0.25, 0.3) is 11.5 Å². The molecular formula is C21H23F3N6O2. The van der Waals surface area contributed by atoms with Crippen molar-refractivity contribution in [2.45, 2.75) is 25.6 Å². The molecule has 0 bridgehead atoms. The van der Waals surface area contributed by atoms with Crippen LogP contribution in [0.15, 0.2) is 47.4 Å². The Labute approximate surface area is 182 Å². The van der Waals surface area contributed by atoms with Crippen molar-refractivity contribution in [1.82, 2.24) is 30.2 Å². The Morgan fingerprint density at radius 3 is 2.41 bits per heavy atom. The molecule has 170 valence electrons. The molecule has 0 saturated carbocycles. The van der Waals surface area contributed by atoms with Crippen molar-refractivity contribution in [3.8, 4) is 5.82 Å². The van der Waals surface area contributed by atoms with Crippen LogP contribution < -0.4 is 10.9 Å². The number of aryl methyl sites for hydroxylation is 1. The third-order valence-electron chi connectivity index (χ3n) is 5.02. The van der Waals surface area contributed by atoms with Gasteiger partial charge in [-0.2, -0.15) is 23.4 Å². The van der Waals surface area contributed by atoms with Crippen molar-refractivity contribution >= 4 is 5.91 Å². The normalized spacial score (nSPS) is 12.7. The van der Waals surface area contributed by atoms with Crippen LogP contribution in [0, 0.1) is 0 Å². The second-order valence-electron chi connectivity index (χ2n) is 7.38. The largest absolute Gasteiger partial charge is 0.434 e. The topological polar surface area (TPSA) is 95.9 Å². The van der Waals surface area contributed by atoms with Crippen LogP contribution in [0.5, 0.6) is 0 Å². The summed E-state index contributed by atoms with van der Waals surface area (Å²) in [4.78, 5) is 25.8. The number of carbonyl (C=O) groups is 1.